The van der Waals surface area contributed by atoms with E-state index in [9.17, 15) is 18.0 Å². The maximum atomic E-state index is 11.9. The molecule has 3 N–H and O–H groups in total. The highest BCUT2D eigenvalue weighted by molar-refractivity contribution is 7.92. The fourth-order valence-electron chi connectivity index (χ4n) is 2.94. The number of benzene rings is 1. The van der Waals surface area contributed by atoms with E-state index >= 15 is 0 Å². The second kappa shape index (κ2) is 8.57. The van der Waals surface area contributed by atoms with E-state index in [-0.39, 0.29) is 23.2 Å². The standard InChI is InChI=1S/C17H26N4O5S/c1-12(2)18-16(22)11-20-6-8-21(9-7-20)15-5-4-13(17(23)24)10-14(15)19-27(3,25)26/h4-5,10,12,19H,6-9,11H2,1-3H3,(H,18,22)(H,23,24). The Balaban J connectivity index is 2.10. The van der Waals surface area contributed by atoms with Gasteiger partial charge in [-0.25, -0.2) is 13.2 Å². The molecule has 1 heterocycles. The molecule has 9 nitrogen and oxygen atoms in total. The van der Waals surface area contributed by atoms with Crippen molar-refractivity contribution in [2.24, 2.45) is 0 Å². The maximum Gasteiger partial charge on any atom is 0.335 e. The molecule has 27 heavy (non-hydrogen) atoms. The molecule has 1 aliphatic rings. The molecule has 1 aromatic rings. The van der Waals surface area contributed by atoms with Crippen molar-refractivity contribution in [3.05, 3.63) is 23.8 Å². The van der Waals surface area contributed by atoms with Crippen LogP contribution < -0.4 is 14.9 Å². The van der Waals surface area contributed by atoms with Crippen molar-refractivity contribution in [2.45, 2.75) is 19.9 Å². The molecule has 1 saturated heterocycles. The molecule has 1 fully saturated rings. The molecule has 0 aliphatic carbocycles. The zero-order valence-corrected chi connectivity index (χ0v) is 16.5. The third-order valence-corrected chi connectivity index (χ3v) is 4.66. The van der Waals surface area contributed by atoms with Crippen molar-refractivity contribution >= 4 is 33.3 Å². The molecular formula is C17H26N4O5S. The molecule has 0 aromatic heterocycles. The molecule has 2 rings (SSSR count). The third kappa shape index (κ3) is 6.40. The van der Waals surface area contributed by atoms with Crippen LogP contribution in [-0.4, -0.2) is 75.3 Å². The predicted molar refractivity (Wildman–Crippen MR) is 104 cm³/mol. The Morgan fingerprint density at radius 3 is 2.33 bits per heavy atom. The van der Waals surface area contributed by atoms with Gasteiger partial charge in [0.1, 0.15) is 0 Å². The Hall–Kier alpha value is -2.33. The Morgan fingerprint density at radius 2 is 1.81 bits per heavy atom. The first-order valence-electron chi connectivity index (χ1n) is 8.67. The quantitative estimate of drug-likeness (QED) is 0.608. The average Bonchev–Trinajstić information content (AvgIpc) is 2.53. The molecule has 10 heteroatoms. The normalized spacial score (nSPS) is 15.6. The molecule has 0 bridgehead atoms. The summed E-state index contributed by atoms with van der Waals surface area (Å²) >= 11 is 0. The van der Waals surface area contributed by atoms with E-state index in [2.05, 4.69) is 10.0 Å². The number of carbonyl (C=O) groups excluding carboxylic acids is 1. The summed E-state index contributed by atoms with van der Waals surface area (Å²) in [5.74, 6) is -1.15. The number of hydrogen-bond donors (Lipinski definition) is 3. The van der Waals surface area contributed by atoms with E-state index < -0.39 is 16.0 Å². The lowest BCUT2D eigenvalue weighted by molar-refractivity contribution is -0.122. The molecule has 1 aromatic carbocycles. The van der Waals surface area contributed by atoms with Gasteiger partial charge in [0.05, 0.1) is 29.7 Å². The minimum absolute atomic E-state index is 0.00823. The first-order valence-corrected chi connectivity index (χ1v) is 10.6. The summed E-state index contributed by atoms with van der Waals surface area (Å²) in [6.45, 7) is 6.62. The van der Waals surface area contributed by atoms with Crippen LogP contribution in [0.15, 0.2) is 18.2 Å². The molecule has 1 aliphatic heterocycles. The van der Waals surface area contributed by atoms with Gasteiger partial charge < -0.3 is 15.3 Å². The van der Waals surface area contributed by atoms with Gasteiger partial charge >= 0.3 is 5.97 Å². The summed E-state index contributed by atoms with van der Waals surface area (Å²) in [6.07, 6.45) is 1.02. The van der Waals surface area contributed by atoms with E-state index in [1.54, 1.807) is 6.07 Å². The van der Waals surface area contributed by atoms with Gasteiger partial charge in [0.2, 0.25) is 15.9 Å². The van der Waals surface area contributed by atoms with Crippen molar-refractivity contribution in [2.75, 3.05) is 48.6 Å². The minimum Gasteiger partial charge on any atom is -0.478 e. The van der Waals surface area contributed by atoms with Gasteiger partial charge in [0.25, 0.3) is 0 Å². The molecule has 0 spiro atoms. The maximum absolute atomic E-state index is 11.9. The average molecular weight is 398 g/mol. The van der Waals surface area contributed by atoms with E-state index in [0.29, 0.717) is 38.4 Å². The van der Waals surface area contributed by atoms with Crippen LogP contribution in [0.5, 0.6) is 0 Å². The van der Waals surface area contributed by atoms with E-state index in [0.717, 1.165) is 6.26 Å². The van der Waals surface area contributed by atoms with Crippen LogP contribution in [0.1, 0.15) is 24.2 Å². The van der Waals surface area contributed by atoms with Gasteiger partial charge in [-0.05, 0) is 32.0 Å². The number of aromatic carboxylic acids is 1. The van der Waals surface area contributed by atoms with Gasteiger partial charge in [-0.15, -0.1) is 0 Å². The molecule has 0 atom stereocenters. The van der Waals surface area contributed by atoms with Gasteiger partial charge in [0.15, 0.2) is 0 Å². The first kappa shape index (κ1) is 21.0. The number of anilines is 2. The summed E-state index contributed by atoms with van der Waals surface area (Å²) in [5.41, 5.74) is 0.869. The van der Waals surface area contributed by atoms with Crippen molar-refractivity contribution in [3.8, 4) is 0 Å². The Labute approximate surface area is 159 Å². The topological polar surface area (TPSA) is 119 Å². The number of nitrogens with zero attached hydrogens (tertiary/aromatic N) is 2. The fraction of sp³-hybridized carbons (Fsp3) is 0.529. The molecule has 0 saturated carbocycles. The molecule has 0 radical (unpaired) electrons. The van der Waals surface area contributed by atoms with E-state index in [4.69, 9.17) is 5.11 Å². The Bertz CT molecular complexity index is 802. The second-order valence-corrected chi connectivity index (χ2v) is 8.65. The van der Waals surface area contributed by atoms with Crippen molar-refractivity contribution < 1.29 is 23.1 Å². The van der Waals surface area contributed by atoms with Crippen molar-refractivity contribution in [3.63, 3.8) is 0 Å². The van der Waals surface area contributed by atoms with Gasteiger partial charge in [-0.3, -0.25) is 14.4 Å². The van der Waals surface area contributed by atoms with Crippen molar-refractivity contribution in [1.82, 2.24) is 10.2 Å². The number of amides is 1. The summed E-state index contributed by atoms with van der Waals surface area (Å²) < 4.78 is 25.7. The highest BCUT2D eigenvalue weighted by Crippen LogP contribution is 2.29. The number of carboxylic acid groups (broad SMARTS) is 1. The lowest BCUT2D eigenvalue weighted by Gasteiger charge is -2.36. The van der Waals surface area contributed by atoms with Crippen LogP contribution in [0.3, 0.4) is 0 Å². The molecule has 0 unspecified atom stereocenters. The van der Waals surface area contributed by atoms with Gasteiger partial charge in [0, 0.05) is 32.2 Å². The summed E-state index contributed by atoms with van der Waals surface area (Å²) in [5, 5.41) is 12.0. The smallest absolute Gasteiger partial charge is 0.335 e. The van der Waals surface area contributed by atoms with Crippen LogP contribution >= 0.6 is 0 Å². The van der Waals surface area contributed by atoms with Crippen molar-refractivity contribution in [1.29, 1.82) is 0 Å². The number of nitrogens with one attached hydrogen (secondary N) is 2. The number of rotatable bonds is 7. The number of carbonyl (C=O) groups is 2. The molecular weight excluding hydrogens is 372 g/mol. The lowest BCUT2D eigenvalue weighted by atomic mass is 10.1. The SMILES string of the molecule is CC(C)NC(=O)CN1CCN(c2ccc(C(=O)O)cc2NS(C)(=O)=O)CC1. The zero-order valence-electron chi connectivity index (χ0n) is 15.7. The van der Waals surface area contributed by atoms with Gasteiger partial charge in [-0.2, -0.15) is 0 Å². The largest absolute Gasteiger partial charge is 0.478 e. The predicted octanol–water partition coefficient (Wildman–Crippen LogP) is 0.403. The fourth-order valence-corrected chi connectivity index (χ4v) is 3.51. The highest BCUT2D eigenvalue weighted by atomic mass is 32.2. The Morgan fingerprint density at radius 1 is 1.19 bits per heavy atom. The number of sulfonamides is 1. The van der Waals surface area contributed by atoms with Gasteiger partial charge in [-0.1, -0.05) is 0 Å². The first-order chi connectivity index (χ1) is 12.5. The van der Waals surface area contributed by atoms with Crippen LogP contribution in [0.2, 0.25) is 0 Å². The number of carboxylic acids is 1. The van der Waals surface area contributed by atoms with Crippen LogP contribution in [0, 0.1) is 0 Å². The zero-order chi connectivity index (χ0) is 20.2. The van der Waals surface area contributed by atoms with Crippen LogP contribution in [0.25, 0.3) is 0 Å². The van der Waals surface area contributed by atoms with Crippen LogP contribution in [-0.2, 0) is 14.8 Å². The minimum atomic E-state index is -3.55. The number of piperazine rings is 1. The van der Waals surface area contributed by atoms with E-state index in [1.807, 2.05) is 23.6 Å². The molecule has 150 valence electrons. The Kier molecular flexibility index (Phi) is 6.66. The highest BCUT2D eigenvalue weighted by Gasteiger charge is 2.22. The number of hydrogen-bond acceptors (Lipinski definition) is 6. The summed E-state index contributed by atoms with van der Waals surface area (Å²) in [7, 11) is -3.55. The second-order valence-electron chi connectivity index (χ2n) is 6.90. The molecule has 1 amide bonds. The van der Waals surface area contributed by atoms with E-state index in [1.165, 1.54) is 12.1 Å². The third-order valence-electron chi connectivity index (χ3n) is 4.07. The monoisotopic (exact) mass is 398 g/mol. The summed E-state index contributed by atoms with van der Waals surface area (Å²) in [4.78, 5) is 27.1. The summed E-state index contributed by atoms with van der Waals surface area (Å²) in [6, 6.07) is 4.48. The lowest BCUT2D eigenvalue weighted by Crippen LogP contribution is -2.50. The van der Waals surface area contributed by atoms with Crippen LogP contribution in [0.4, 0.5) is 11.4 Å².